The van der Waals surface area contributed by atoms with Crippen LogP contribution in [0.4, 0.5) is 0 Å². The van der Waals surface area contributed by atoms with E-state index in [1.54, 1.807) is 18.2 Å². The number of primary sulfonamides is 1. The number of sulfonamides is 2. The van der Waals surface area contributed by atoms with Crippen LogP contribution < -0.4 is 14.6 Å². The van der Waals surface area contributed by atoms with Crippen molar-refractivity contribution in [2.45, 2.75) is 28.7 Å². The molecule has 28 heavy (non-hydrogen) atoms. The van der Waals surface area contributed by atoms with Crippen molar-refractivity contribution in [3.05, 3.63) is 48.0 Å². The van der Waals surface area contributed by atoms with Gasteiger partial charge in [-0.1, -0.05) is 12.1 Å². The van der Waals surface area contributed by atoms with E-state index < -0.39 is 20.0 Å². The predicted octanol–water partition coefficient (Wildman–Crippen LogP) is 1.88. The van der Waals surface area contributed by atoms with Crippen molar-refractivity contribution in [2.24, 2.45) is 5.14 Å². The van der Waals surface area contributed by atoms with E-state index in [1.807, 2.05) is 0 Å². The molecular formula is C18H22N2O6S2. The molecule has 0 aliphatic carbocycles. The van der Waals surface area contributed by atoms with Crippen LogP contribution in [0.3, 0.4) is 0 Å². The molecule has 1 aliphatic heterocycles. The highest BCUT2D eigenvalue weighted by molar-refractivity contribution is 7.90. The zero-order chi connectivity index (χ0) is 20.5. The fourth-order valence-corrected chi connectivity index (χ4v) is 5.73. The van der Waals surface area contributed by atoms with Crippen LogP contribution in [0, 0.1) is 0 Å². The van der Waals surface area contributed by atoms with Gasteiger partial charge in [-0.15, -0.1) is 0 Å². The summed E-state index contributed by atoms with van der Waals surface area (Å²) in [6, 6.07) is 10.0. The minimum Gasteiger partial charge on any atom is -0.493 e. The average molecular weight is 427 g/mol. The van der Waals surface area contributed by atoms with Gasteiger partial charge in [0.25, 0.3) is 0 Å². The van der Waals surface area contributed by atoms with Gasteiger partial charge in [-0.05, 0) is 48.7 Å². The second-order valence-corrected chi connectivity index (χ2v) is 9.86. The Kier molecular flexibility index (Phi) is 5.67. The van der Waals surface area contributed by atoms with Gasteiger partial charge in [-0.3, -0.25) is 0 Å². The predicted molar refractivity (Wildman–Crippen MR) is 103 cm³/mol. The van der Waals surface area contributed by atoms with Gasteiger partial charge in [-0.25, -0.2) is 22.0 Å². The van der Waals surface area contributed by atoms with E-state index in [0.29, 0.717) is 30.9 Å². The molecule has 1 aliphatic rings. The molecule has 10 heteroatoms. The number of ether oxygens (including phenoxy) is 2. The number of hydrogen-bond acceptors (Lipinski definition) is 6. The summed E-state index contributed by atoms with van der Waals surface area (Å²) in [6.07, 6.45) is 1.33. The normalized spacial score (nSPS) is 18.2. The molecule has 3 rings (SSSR count). The van der Waals surface area contributed by atoms with Crippen molar-refractivity contribution in [2.75, 3.05) is 20.8 Å². The number of benzene rings is 2. The first kappa shape index (κ1) is 20.6. The second-order valence-electron chi connectivity index (χ2n) is 6.41. The van der Waals surface area contributed by atoms with E-state index in [9.17, 15) is 16.8 Å². The van der Waals surface area contributed by atoms with Gasteiger partial charge in [0.1, 0.15) is 0 Å². The van der Waals surface area contributed by atoms with E-state index in [2.05, 4.69) is 0 Å². The van der Waals surface area contributed by atoms with Crippen LogP contribution in [0.2, 0.25) is 0 Å². The Morgan fingerprint density at radius 1 is 0.964 bits per heavy atom. The standard InChI is InChI=1S/C18H22N2O6S2/c1-25-17-9-8-13(11-18(17)26-2)16-7-4-10-20(16)28(23,24)15-6-3-5-14(12-15)27(19,21)22/h3,5-6,8-9,11-12,16H,4,7,10H2,1-2H3,(H2,19,21,22)/t16-/m0/s1. The Morgan fingerprint density at radius 2 is 1.64 bits per heavy atom. The van der Waals surface area contributed by atoms with Gasteiger partial charge in [0.15, 0.2) is 11.5 Å². The minimum atomic E-state index is -4.00. The van der Waals surface area contributed by atoms with Crippen molar-refractivity contribution < 1.29 is 26.3 Å². The molecule has 0 saturated carbocycles. The average Bonchev–Trinajstić information content (AvgIpc) is 3.17. The number of rotatable bonds is 6. The molecule has 2 aromatic carbocycles. The van der Waals surface area contributed by atoms with Crippen LogP contribution in [-0.2, 0) is 20.0 Å². The molecule has 0 bridgehead atoms. The molecule has 1 saturated heterocycles. The van der Waals surface area contributed by atoms with Gasteiger partial charge in [0, 0.05) is 6.54 Å². The lowest BCUT2D eigenvalue weighted by Gasteiger charge is -2.25. The number of hydrogen-bond donors (Lipinski definition) is 1. The zero-order valence-electron chi connectivity index (χ0n) is 15.5. The maximum Gasteiger partial charge on any atom is 0.243 e. The molecule has 2 aromatic rings. The van der Waals surface area contributed by atoms with Crippen molar-refractivity contribution in [1.82, 2.24) is 4.31 Å². The van der Waals surface area contributed by atoms with Gasteiger partial charge in [0.2, 0.25) is 20.0 Å². The zero-order valence-corrected chi connectivity index (χ0v) is 17.2. The molecule has 1 fully saturated rings. The molecule has 8 nitrogen and oxygen atoms in total. The van der Waals surface area contributed by atoms with Gasteiger partial charge < -0.3 is 9.47 Å². The van der Waals surface area contributed by atoms with Crippen LogP contribution >= 0.6 is 0 Å². The molecular weight excluding hydrogens is 404 g/mol. The number of nitrogens with zero attached hydrogens (tertiary/aromatic N) is 1. The lowest BCUT2D eigenvalue weighted by Crippen LogP contribution is -2.31. The molecule has 0 unspecified atom stereocenters. The van der Waals surface area contributed by atoms with Crippen molar-refractivity contribution in [3.63, 3.8) is 0 Å². The molecule has 0 spiro atoms. The van der Waals surface area contributed by atoms with Crippen molar-refractivity contribution in [1.29, 1.82) is 0 Å². The highest BCUT2D eigenvalue weighted by Gasteiger charge is 2.36. The van der Waals surface area contributed by atoms with E-state index in [0.717, 1.165) is 11.6 Å². The molecule has 0 radical (unpaired) electrons. The van der Waals surface area contributed by atoms with E-state index in [-0.39, 0.29) is 15.8 Å². The fraction of sp³-hybridized carbons (Fsp3) is 0.333. The summed E-state index contributed by atoms with van der Waals surface area (Å²) in [4.78, 5) is -0.346. The summed E-state index contributed by atoms with van der Waals surface area (Å²) in [5.41, 5.74) is 0.779. The maximum atomic E-state index is 13.2. The fourth-order valence-electron chi connectivity index (χ4n) is 3.37. The molecule has 0 amide bonds. The second kappa shape index (κ2) is 7.70. The topological polar surface area (TPSA) is 116 Å². The quantitative estimate of drug-likeness (QED) is 0.754. The number of methoxy groups -OCH3 is 2. The molecule has 1 heterocycles. The third-order valence-corrected chi connectivity index (χ3v) is 7.55. The monoisotopic (exact) mass is 426 g/mol. The van der Waals surface area contributed by atoms with E-state index in [1.165, 1.54) is 36.7 Å². The van der Waals surface area contributed by atoms with Crippen molar-refractivity contribution in [3.8, 4) is 11.5 Å². The van der Waals surface area contributed by atoms with E-state index >= 15 is 0 Å². The molecule has 152 valence electrons. The maximum absolute atomic E-state index is 13.2. The van der Waals surface area contributed by atoms with Crippen LogP contribution in [0.25, 0.3) is 0 Å². The summed E-state index contributed by atoms with van der Waals surface area (Å²) in [5.74, 6) is 1.07. The summed E-state index contributed by atoms with van der Waals surface area (Å²) < 4.78 is 61.5. The summed E-state index contributed by atoms with van der Waals surface area (Å²) in [7, 11) is -4.87. The van der Waals surface area contributed by atoms with Crippen molar-refractivity contribution >= 4 is 20.0 Å². The van der Waals surface area contributed by atoms with Crippen LogP contribution in [0.15, 0.2) is 52.3 Å². The first-order valence-electron chi connectivity index (χ1n) is 8.55. The van der Waals surface area contributed by atoms with Crippen LogP contribution in [0.5, 0.6) is 11.5 Å². The summed E-state index contributed by atoms with van der Waals surface area (Å²) >= 11 is 0. The van der Waals surface area contributed by atoms with Crippen LogP contribution in [-0.4, -0.2) is 41.9 Å². The highest BCUT2D eigenvalue weighted by atomic mass is 32.2. The van der Waals surface area contributed by atoms with Gasteiger partial charge >= 0.3 is 0 Å². The smallest absolute Gasteiger partial charge is 0.243 e. The molecule has 2 N–H and O–H groups in total. The number of nitrogens with two attached hydrogens (primary N) is 1. The highest BCUT2D eigenvalue weighted by Crippen LogP contribution is 2.39. The Hall–Kier alpha value is -2.14. The Balaban J connectivity index is 2.01. The largest absolute Gasteiger partial charge is 0.493 e. The first-order chi connectivity index (χ1) is 13.2. The van der Waals surface area contributed by atoms with E-state index in [4.69, 9.17) is 14.6 Å². The Bertz CT molecular complexity index is 1080. The third-order valence-electron chi connectivity index (χ3n) is 4.74. The Labute approximate surface area is 165 Å². The lowest BCUT2D eigenvalue weighted by molar-refractivity contribution is 0.351. The lowest BCUT2D eigenvalue weighted by atomic mass is 10.0. The first-order valence-corrected chi connectivity index (χ1v) is 11.5. The minimum absolute atomic E-state index is 0.105. The summed E-state index contributed by atoms with van der Waals surface area (Å²) in [5, 5.41) is 5.14. The third kappa shape index (κ3) is 3.86. The summed E-state index contributed by atoms with van der Waals surface area (Å²) in [6.45, 7) is 0.334. The van der Waals surface area contributed by atoms with Gasteiger partial charge in [0.05, 0.1) is 30.1 Å². The van der Waals surface area contributed by atoms with Crippen LogP contribution in [0.1, 0.15) is 24.4 Å². The molecule has 0 aromatic heterocycles. The Morgan fingerprint density at radius 3 is 2.29 bits per heavy atom. The molecule has 1 atom stereocenters. The SMILES string of the molecule is COc1ccc([C@@H]2CCCN2S(=O)(=O)c2cccc(S(N)(=O)=O)c2)cc1OC. The van der Waals surface area contributed by atoms with Gasteiger partial charge in [-0.2, -0.15) is 4.31 Å².